The predicted molar refractivity (Wildman–Crippen MR) is 130 cm³/mol. The molecule has 0 radical (unpaired) electrons. The van der Waals surface area contributed by atoms with Crippen LogP contribution >= 0.6 is 0 Å². The number of hydrogen-bond donors (Lipinski definition) is 2. The summed E-state index contributed by atoms with van der Waals surface area (Å²) in [7, 11) is 1.56. The van der Waals surface area contributed by atoms with E-state index in [4.69, 9.17) is 4.74 Å². The zero-order chi connectivity index (χ0) is 22.6. The van der Waals surface area contributed by atoms with Crippen LogP contribution in [-0.4, -0.2) is 24.3 Å². The van der Waals surface area contributed by atoms with E-state index in [-0.39, 0.29) is 11.7 Å². The van der Waals surface area contributed by atoms with Crippen LogP contribution in [-0.2, 0) is 4.79 Å². The molecule has 1 rings (SSSR count). The Labute approximate surface area is 189 Å². The number of hydrazone groups is 1. The smallest absolute Gasteiger partial charge is 0.240 e. The van der Waals surface area contributed by atoms with Crippen molar-refractivity contribution >= 4 is 12.1 Å². The summed E-state index contributed by atoms with van der Waals surface area (Å²) in [6.07, 6.45) is 21.6. The first kappa shape index (κ1) is 27.0. The summed E-state index contributed by atoms with van der Waals surface area (Å²) in [5, 5.41) is 13.7. The summed E-state index contributed by atoms with van der Waals surface area (Å²) in [6.45, 7) is 2.27. The minimum Gasteiger partial charge on any atom is -0.507 e. The van der Waals surface area contributed by atoms with Crippen molar-refractivity contribution in [1.82, 2.24) is 5.43 Å². The topological polar surface area (TPSA) is 70.9 Å². The molecule has 0 saturated heterocycles. The molecule has 5 heteroatoms. The normalized spacial score (nSPS) is 11.2. The second-order valence-corrected chi connectivity index (χ2v) is 8.42. The lowest BCUT2D eigenvalue weighted by molar-refractivity contribution is -0.121. The molecule has 0 spiro atoms. The molecule has 31 heavy (non-hydrogen) atoms. The highest BCUT2D eigenvalue weighted by molar-refractivity contribution is 5.85. The van der Waals surface area contributed by atoms with E-state index < -0.39 is 0 Å². The highest BCUT2D eigenvalue weighted by Gasteiger charge is 2.02. The van der Waals surface area contributed by atoms with Crippen LogP contribution in [0.5, 0.6) is 11.5 Å². The molecule has 1 aromatic carbocycles. The Morgan fingerprint density at radius 2 is 1.42 bits per heavy atom. The van der Waals surface area contributed by atoms with E-state index in [1.807, 2.05) is 0 Å². The molecule has 0 fully saturated rings. The van der Waals surface area contributed by atoms with E-state index in [1.54, 1.807) is 19.2 Å². The molecule has 0 aliphatic heterocycles. The van der Waals surface area contributed by atoms with Crippen molar-refractivity contribution in [1.29, 1.82) is 0 Å². The summed E-state index contributed by atoms with van der Waals surface area (Å²) in [5.41, 5.74) is 3.03. The fourth-order valence-corrected chi connectivity index (χ4v) is 3.65. The summed E-state index contributed by atoms with van der Waals surface area (Å²) < 4.78 is 5.11. The first-order valence-electron chi connectivity index (χ1n) is 12.4. The zero-order valence-electron chi connectivity index (χ0n) is 19.8. The number of amides is 1. The van der Waals surface area contributed by atoms with Gasteiger partial charge < -0.3 is 9.84 Å². The lowest BCUT2D eigenvalue weighted by Gasteiger charge is -2.04. The van der Waals surface area contributed by atoms with Gasteiger partial charge in [0, 0.05) is 12.0 Å². The lowest BCUT2D eigenvalue weighted by Crippen LogP contribution is -2.16. The largest absolute Gasteiger partial charge is 0.507 e. The molecule has 1 aromatic rings. The number of carbonyl (C=O) groups is 1. The molecule has 0 bridgehead atoms. The third kappa shape index (κ3) is 14.6. The van der Waals surface area contributed by atoms with Gasteiger partial charge in [-0.15, -0.1) is 0 Å². The van der Waals surface area contributed by atoms with Gasteiger partial charge in [0.05, 0.1) is 13.3 Å². The molecule has 0 saturated carbocycles. The third-order valence-electron chi connectivity index (χ3n) is 5.63. The molecular weight excluding hydrogens is 388 g/mol. The third-order valence-corrected chi connectivity index (χ3v) is 5.63. The highest BCUT2D eigenvalue weighted by atomic mass is 16.5. The molecule has 0 aromatic heterocycles. The van der Waals surface area contributed by atoms with Crippen molar-refractivity contribution < 1.29 is 14.6 Å². The molecule has 176 valence electrons. The second-order valence-electron chi connectivity index (χ2n) is 8.42. The Kier molecular flexibility index (Phi) is 16.3. The molecule has 5 nitrogen and oxygen atoms in total. The van der Waals surface area contributed by atoms with Crippen LogP contribution in [0.15, 0.2) is 23.3 Å². The molecule has 0 aliphatic rings. The molecule has 0 atom stereocenters. The number of nitrogens with zero attached hydrogens (tertiary/aromatic N) is 1. The van der Waals surface area contributed by atoms with Crippen molar-refractivity contribution in [3.63, 3.8) is 0 Å². The van der Waals surface area contributed by atoms with Crippen LogP contribution in [0.2, 0.25) is 0 Å². The number of rotatable bonds is 19. The van der Waals surface area contributed by atoms with E-state index >= 15 is 0 Å². The predicted octanol–water partition coefficient (Wildman–Crippen LogP) is 7.11. The SMILES string of the molecule is CCCCCCCCCCCCCCCCCC(=O)N/N=C/c1cc(OC)ccc1O. The number of hydrogen-bond acceptors (Lipinski definition) is 4. The van der Waals surface area contributed by atoms with Crippen LogP contribution in [0.4, 0.5) is 0 Å². The first-order valence-corrected chi connectivity index (χ1v) is 12.4. The quantitative estimate of drug-likeness (QED) is 0.139. The van der Waals surface area contributed by atoms with Crippen LogP contribution in [0.1, 0.15) is 115 Å². The van der Waals surface area contributed by atoms with E-state index in [0.29, 0.717) is 17.7 Å². The van der Waals surface area contributed by atoms with Gasteiger partial charge in [-0.3, -0.25) is 4.79 Å². The Hall–Kier alpha value is -2.04. The fraction of sp³-hybridized carbons (Fsp3) is 0.692. The standard InChI is InChI=1S/C26H44N2O3/c1-3-4-5-6-7-8-9-10-11-12-13-14-15-16-17-18-26(30)28-27-22-23-21-24(31-2)19-20-25(23)29/h19-22,29H,3-18H2,1-2H3,(H,28,30)/b27-22+. The minimum atomic E-state index is -0.0895. The van der Waals surface area contributed by atoms with Crippen molar-refractivity contribution in [2.45, 2.75) is 110 Å². The van der Waals surface area contributed by atoms with Crippen molar-refractivity contribution in [2.75, 3.05) is 7.11 Å². The Bertz CT molecular complexity index is 617. The maximum Gasteiger partial charge on any atom is 0.240 e. The maximum atomic E-state index is 11.9. The summed E-state index contributed by atoms with van der Waals surface area (Å²) in [5.74, 6) is 0.637. The van der Waals surface area contributed by atoms with E-state index in [0.717, 1.165) is 12.8 Å². The zero-order valence-corrected chi connectivity index (χ0v) is 19.8. The van der Waals surface area contributed by atoms with E-state index in [1.165, 1.54) is 95.8 Å². The molecule has 0 aliphatic carbocycles. The fourth-order valence-electron chi connectivity index (χ4n) is 3.65. The monoisotopic (exact) mass is 432 g/mol. The number of methoxy groups -OCH3 is 1. The summed E-state index contributed by atoms with van der Waals surface area (Å²) >= 11 is 0. The van der Waals surface area contributed by atoms with Gasteiger partial charge in [0.15, 0.2) is 0 Å². The number of ether oxygens (including phenoxy) is 1. The van der Waals surface area contributed by atoms with Gasteiger partial charge in [0.25, 0.3) is 0 Å². The highest BCUT2D eigenvalue weighted by Crippen LogP contribution is 2.21. The van der Waals surface area contributed by atoms with Crippen molar-refractivity contribution in [3.8, 4) is 11.5 Å². The number of phenolic OH excluding ortho intramolecular Hbond substituents is 1. The number of benzene rings is 1. The Morgan fingerprint density at radius 3 is 1.94 bits per heavy atom. The van der Waals surface area contributed by atoms with Gasteiger partial charge in [0.1, 0.15) is 11.5 Å². The number of phenols is 1. The minimum absolute atomic E-state index is 0.0895. The van der Waals surface area contributed by atoms with Crippen molar-refractivity contribution in [3.05, 3.63) is 23.8 Å². The molecule has 0 heterocycles. The maximum absolute atomic E-state index is 11.9. The van der Waals surface area contributed by atoms with E-state index in [9.17, 15) is 9.90 Å². The average Bonchev–Trinajstić information content (AvgIpc) is 2.77. The average molecular weight is 433 g/mol. The Balaban J connectivity index is 1.93. The van der Waals surface area contributed by atoms with Gasteiger partial charge in [-0.25, -0.2) is 5.43 Å². The van der Waals surface area contributed by atoms with Crippen LogP contribution in [0.3, 0.4) is 0 Å². The van der Waals surface area contributed by atoms with Crippen LogP contribution < -0.4 is 10.2 Å². The number of nitrogens with one attached hydrogen (secondary N) is 1. The van der Waals surface area contributed by atoms with Gasteiger partial charge >= 0.3 is 0 Å². The first-order chi connectivity index (χ1) is 15.2. The summed E-state index contributed by atoms with van der Waals surface area (Å²) in [6, 6.07) is 4.87. The molecule has 2 N–H and O–H groups in total. The van der Waals surface area contributed by atoms with Gasteiger partial charge in [-0.2, -0.15) is 5.10 Å². The molecule has 0 unspecified atom stereocenters. The van der Waals surface area contributed by atoms with Gasteiger partial charge in [-0.1, -0.05) is 96.8 Å². The van der Waals surface area contributed by atoms with Crippen molar-refractivity contribution in [2.24, 2.45) is 5.10 Å². The number of unbranched alkanes of at least 4 members (excludes halogenated alkanes) is 14. The lowest BCUT2D eigenvalue weighted by atomic mass is 10.0. The van der Waals surface area contributed by atoms with Crippen LogP contribution in [0, 0.1) is 0 Å². The second kappa shape index (κ2) is 18.7. The number of aromatic hydroxyl groups is 1. The van der Waals surface area contributed by atoms with Crippen LogP contribution in [0.25, 0.3) is 0 Å². The molecular formula is C26H44N2O3. The Morgan fingerprint density at radius 1 is 0.903 bits per heavy atom. The number of carbonyl (C=O) groups excluding carboxylic acids is 1. The van der Waals surface area contributed by atoms with Gasteiger partial charge in [-0.05, 0) is 24.6 Å². The van der Waals surface area contributed by atoms with Gasteiger partial charge in [0.2, 0.25) is 5.91 Å². The van der Waals surface area contributed by atoms with E-state index in [2.05, 4.69) is 17.5 Å². The summed E-state index contributed by atoms with van der Waals surface area (Å²) in [4.78, 5) is 11.9. The molecule has 1 amide bonds.